The van der Waals surface area contributed by atoms with Crippen LogP contribution in [0.2, 0.25) is 0 Å². The third-order valence-electron chi connectivity index (χ3n) is 8.43. The molecule has 0 N–H and O–H groups in total. The van der Waals surface area contributed by atoms with Gasteiger partial charge in [-0.1, -0.05) is 13.8 Å². The number of Topliss-reactive ketones (excluding diaryl/α,β-unsaturated/α-hetero) is 1. The standard InChI is InChI=1S/C21H29FO2/c1-12(23)15-4-5-16-14-11-19(22)18-10-13(24)6-8-21(18,3)17(14)7-9-20(15,16)2/h10,14-17,19H,4-9,11H2,1-3H3/t14-,15+,16-,17-,19+,20+,21+/m0/s1. The molecule has 4 rings (SSSR count). The van der Waals surface area contributed by atoms with Gasteiger partial charge in [0.2, 0.25) is 0 Å². The average molecular weight is 332 g/mol. The van der Waals surface area contributed by atoms with Crippen LogP contribution in [0.15, 0.2) is 11.6 Å². The van der Waals surface area contributed by atoms with Crippen molar-refractivity contribution in [2.75, 3.05) is 0 Å². The van der Waals surface area contributed by atoms with Gasteiger partial charge in [-0.3, -0.25) is 9.59 Å². The number of hydrogen-bond donors (Lipinski definition) is 0. The van der Waals surface area contributed by atoms with Crippen molar-refractivity contribution < 1.29 is 14.0 Å². The SMILES string of the molecule is CC(=O)[C@H]1CC[C@H]2[C@@H]3C[C@@H](F)C4=CC(=O)CC[C@]4(C)[C@H]3CC[C@]12C. The normalized spacial score (nSPS) is 50.6. The number of ketones is 2. The molecule has 4 aliphatic rings. The molecule has 0 heterocycles. The molecule has 3 heteroatoms. The number of hydrogen-bond acceptors (Lipinski definition) is 2. The lowest BCUT2D eigenvalue weighted by Crippen LogP contribution is -2.53. The average Bonchev–Trinajstić information content (AvgIpc) is 2.87. The number of alkyl halides is 1. The molecule has 7 atom stereocenters. The second-order valence-electron chi connectivity index (χ2n) is 9.35. The molecular formula is C21H29FO2. The molecule has 2 nitrogen and oxygen atoms in total. The lowest BCUT2D eigenvalue weighted by molar-refractivity contribution is -0.129. The van der Waals surface area contributed by atoms with Crippen molar-refractivity contribution in [3.05, 3.63) is 11.6 Å². The van der Waals surface area contributed by atoms with E-state index >= 15 is 4.39 Å². The summed E-state index contributed by atoms with van der Waals surface area (Å²) in [4.78, 5) is 24.0. The van der Waals surface area contributed by atoms with E-state index in [-0.39, 0.29) is 22.5 Å². The molecule has 0 aromatic heterocycles. The molecule has 0 bridgehead atoms. The Kier molecular flexibility index (Phi) is 3.61. The molecule has 0 aromatic rings. The zero-order chi connectivity index (χ0) is 17.3. The van der Waals surface area contributed by atoms with Gasteiger partial charge < -0.3 is 0 Å². The van der Waals surface area contributed by atoms with E-state index in [9.17, 15) is 9.59 Å². The highest BCUT2D eigenvalue weighted by Crippen LogP contribution is 2.66. The van der Waals surface area contributed by atoms with E-state index in [1.54, 1.807) is 13.0 Å². The minimum atomic E-state index is -0.973. The van der Waals surface area contributed by atoms with E-state index in [2.05, 4.69) is 13.8 Å². The number of carbonyl (C=O) groups excluding carboxylic acids is 2. The monoisotopic (exact) mass is 332 g/mol. The van der Waals surface area contributed by atoms with Gasteiger partial charge in [0, 0.05) is 12.3 Å². The van der Waals surface area contributed by atoms with Crippen LogP contribution >= 0.6 is 0 Å². The summed E-state index contributed by atoms with van der Waals surface area (Å²) in [5, 5.41) is 0. The van der Waals surface area contributed by atoms with Crippen molar-refractivity contribution >= 4 is 11.6 Å². The van der Waals surface area contributed by atoms with Crippen LogP contribution in [0.5, 0.6) is 0 Å². The summed E-state index contributed by atoms with van der Waals surface area (Å²) in [5.74, 6) is 1.91. The lowest BCUT2D eigenvalue weighted by Gasteiger charge is -2.58. The van der Waals surface area contributed by atoms with Gasteiger partial charge in [0.15, 0.2) is 5.78 Å². The Balaban J connectivity index is 1.71. The minimum Gasteiger partial charge on any atom is -0.300 e. The van der Waals surface area contributed by atoms with Crippen LogP contribution < -0.4 is 0 Å². The molecule has 24 heavy (non-hydrogen) atoms. The lowest BCUT2D eigenvalue weighted by atomic mass is 9.46. The highest BCUT2D eigenvalue weighted by Gasteiger charge is 2.61. The van der Waals surface area contributed by atoms with Crippen molar-refractivity contribution in [3.63, 3.8) is 0 Å². The summed E-state index contributed by atoms with van der Waals surface area (Å²) in [6, 6.07) is 0. The van der Waals surface area contributed by atoms with Crippen LogP contribution in [0.4, 0.5) is 4.39 Å². The molecule has 0 aromatic carbocycles. The zero-order valence-electron chi connectivity index (χ0n) is 15.1. The van der Waals surface area contributed by atoms with Crippen molar-refractivity contribution in [1.82, 2.24) is 0 Å². The van der Waals surface area contributed by atoms with Crippen molar-refractivity contribution in [1.29, 1.82) is 0 Å². The largest absolute Gasteiger partial charge is 0.300 e. The Bertz CT molecular complexity index is 623. The van der Waals surface area contributed by atoms with Crippen LogP contribution in [0.1, 0.15) is 65.7 Å². The van der Waals surface area contributed by atoms with E-state index in [0.29, 0.717) is 36.4 Å². The van der Waals surface area contributed by atoms with Gasteiger partial charge in [-0.25, -0.2) is 4.39 Å². The maximum atomic E-state index is 15.1. The molecule has 0 radical (unpaired) electrons. The van der Waals surface area contributed by atoms with E-state index in [1.807, 2.05) is 0 Å². The van der Waals surface area contributed by atoms with Crippen LogP contribution in [0, 0.1) is 34.5 Å². The summed E-state index contributed by atoms with van der Waals surface area (Å²) in [6.07, 6.45) is 6.80. The van der Waals surface area contributed by atoms with E-state index in [0.717, 1.165) is 37.7 Å². The number of rotatable bonds is 1. The first-order valence-corrected chi connectivity index (χ1v) is 9.67. The summed E-state index contributed by atoms with van der Waals surface area (Å²) in [7, 11) is 0. The zero-order valence-corrected chi connectivity index (χ0v) is 15.1. The first kappa shape index (κ1) is 16.5. The molecule has 0 aliphatic heterocycles. The van der Waals surface area contributed by atoms with E-state index < -0.39 is 6.17 Å². The van der Waals surface area contributed by atoms with Crippen LogP contribution in [0.3, 0.4) is 0 Å². The van der Waals surface area contributed by atoms with Crippen LogP contribution in [-0.4, -0.2) is 17.7 Å². The highest BCUT2D eigenvalue weighted by atomic mass is 19.1. The molecular weight excluding hydrogens is 303 g/mol. The summed E-state index contributed by atoms with van der Waals surface area (Å²) in [6.45, 7) is 6.23. The molecule has 4 aliphatic carbocycles. The highest BCUT2D eigenvalue weighted by molar-refractivity contribution is 5.91. The maximum absolute atomic E-state index is 15.1. The molecule has 132 valence electrons. The first-order valence-electron chi connectivity index (χ1n) is 9.67. The van der Waals surface area contributed by atoms with Gasteiger partial charge >= 0.3 is 0 Å². The molecule has 3 saturated carbocycles. The van der Waals surface area contributed by atoms with Gasteiger partial charge in [-0.05, 0) is 85.7 Å². The molecule has 0 spiro atoms. The van der Waals surface area contributed by atoms with Crippen LogP contribution in [-0.2, 0) is 9.59 Å². The minimum absolute atomic E-state index is 0.0643. The van der Waals surface area contributed by atoms with Gasteiger partial charge in [0.05, 0.1) is 0 Å². The topological polar surface area (TPSA) is 34.1 Å². The molecule has 0 unspecified atom stereocenters. The van der Waals surface area contributed by atoms with E-state index in [4.69, 9.17) is 0 Å². The van der Waals surface area contributed by atoms with Gasteiger partial charge in [0.1, 0.15) is 12.0 Å². The predicted molar refractivity (Wildman–Crippen MR) is 91.2 cm³/mol. The smallest absolute Gasteiger partial charge is 0.155 e. The second kappa shape index (κ2) is 5.25. The Morgan fingerprint density at radius 1 is 1.17 bits per heavy atom. The Morgan fingerprint density at radius 3 is 2.62 bits per heavy atom. The Labute approximate surface area is 144 Å². The summed E-state index contributed by atoms with van der Waals surface area (Å²) in [5.41, 5.74) is 0.699. The third-order valence-corrected chi connectivity index (χ3v) is 8.43. The van der Waals surface area contributed by atoms with Crippen LogP contribution in [0.25, 0.3) is 0 Å². The number of halogens is 1. The molecule has 3 fully saturated rings. The number of carbonyl (C=O) groups is 2. The predicted octanol–water partition coefficient (Wildman–Crippen LogP) is 4.67. The van der Waals surface area contributed by atoms with Crippen molar-refractivity contribution in [2.45, 2.75) is 71.9 Å². The maximum Gasteiger partial charge on any atom is 0.155 e. The molecule has 0 saturated heterocycles. The fraction of sp³-hybridized carbons (Fsp3) is 0.810. The van der Waals surface area contributed by atoms with Gasteiger partial charge in [-0.2, -0.15) is 0 Å². The number of fused-ring (bicyclic) bond motifs is 5. The fourth-order valence-corrected chi connectivity index (χ4v) is 7.23. The third kappa shape index (κ3) is 2.05. The number of allylic oxidation sites excluding steroid dienone is 1. The summed E-state index contributed by atoms with van der Waals surface area (Å²) < 4.78 is 15.1. The first-order chi connectivity index (χ1) is 11.3. The van der Waals surface area contributed by atoms with E-state index in [1.165, 1.54) is 0 Å². The van der Waals surface area contributed by atoms with Gasteiger partial charge in [-0.15, -0.1) is 0 Å². The van der Waals surface area contributed by atoms with Gasteiger partial charge in [0.25, 0.3) is 0 Å². The second-order valence-corrected chi connectivity index (χ2v) is 9.35. The fourth-order valence-electron chi connectivity index (χ4n) is 7.23. The summed E-state index contributed by atoms with van der Waals surface area (Å²) >= 11 is 0. The Hall–Kier alpha value is -0.990. The quantitative estimate of drug-likeness (QED) is 0.699. The Morgan fingerprint density at radius 2 is 1.92 bits per heavy atom. The van der Waals surface area contributed by atoms with Crippen molar-refractivity contribution in [2.24, 2.45) is 34.5 Å². The van der Waals surface area contributed by atoms with Crippen molar-refractivity contribution in [3.8, 4) is 0 Å². The molecule has 0 amide bonds.